The molecular weight excluding hydrogens is 148 g/mol. The third kappa shape index (κ3) is 1.33. The molecule has 0 aliphatic rings. The highest BCUT2D eigenvalue weighted by atomic mass is 35.5. The minimum Gasteiger partial charge on any atom is -0.252 e. The Morgan fingerprint density at radius 2 is 2.10 bits per heavy atom. The Kier molecular flexibility index (Phi) is 2.02. The number of nitrogens with zero attached hydrogens (tertiary/aromatic N) is 2. The molecule has 0 unspecified atom stereocenters. The van der Waals surface area contributed by atoms with Gasteiger partial charge in [-0.3, -0.25) is 4.98 Å². The molecule has 0 fully saturated rings. The first-order chi connectivity index (χ1) is 4.72. The lowest BCUT2D eigenvalue weighted by Gasteiger charge is -1.97. The second-order valence-corrected chi connectivity index (χ2v) is 2.33. The van der Waals surface area contributed by atoms with Gasteiger partial charge in [-0.15, -0.1) is 0 Å². The van der Waals surface area contributed by atoms with E-state index in [4.69, 9.17) is 11.6 Å². The molecule has 3 heteroatoms. The van der Waals surface area contributed by atoms with E-state index in [1.165, 1.54) is 0 Å². The second-order valence-electron chi connectivity index (χ2n) is 1.98. The molecule has 2 nitrogen and oxygen atoms in total. The zero-order chi connectivity index (χ0) is 7.56. The third-order valence-electron chi connectivity index (χ3n) is 1.06. The van der Waals surface area contributed by atoms with Gasteiger partial charge < -0.3 is 0 Å². The first kappa shape index (κ1) is 7.22. The molecule has 1 rings (SSSR count). The first-order valence-electron chi connectivity index (χ1n) is 2.84. The van der Waals surface area contributed by atoms with Crippen LogP contribution in [0, 0.1) is 0 Å². The molecule has 52 valence electrons. The van der Waals surface area contributed by atoms with Gasteiger partial charge in [-0.05, 0) is 12.5 Å². The van der Waals surface area contributed by atoms with Crippen LogP contribution in [0.5, 0.6) is 0 Å². The van der Waals surface area contributed by atoms with Crippen LogP contribution in [0.25, 0.3) is 5.57 Å². The van der Waals surface area contributed by atoms with E-state index >= 15 is 0 Å². The van der Waals surface area contributed by atoms with Gasteiger partial charge in [0.25, 0.3) is 0 Å². The molecule has 0 amide bonds. The molecule has 0 atom stereocenters. The summed E-state index contributed by atoms with van der Waals surface area (Å²) in [5.74, 6) is 0. The fourth-order valence-corrected chi connectivity index (χ4v) is 0.874. The fourth-order valence-electron chi connectivity index (χ4n) is 0.607. The maximum absolute atomic E-state index is 5.68. The van der Waals surface area contributed by atoms with Crippen LogP contribution in [-0.4, -0.2) is 9.97 Å². The van der Waals surface area contributed by atoms with Gasteiger partial charge in [0.1, 0.15) is 5.69 Å². The van der Waals surface area contributed by atoms with Crippen LogP contribution in [0.15, 0.2) is 19.0 Å². The van der Waals surface area contributed by atoms with Gasteiger partial charge in [0.15, 0.2) is 5.15 Å². The highest BCUT2D eigenvalue weighted by Gasteiger charge is 2.00. The number of hydrogen-bond acceptors (Lipinski definition) is 2. The van der Waals surface area contributed by atoms with E-state index in [9.17, 15) is 0 Å². The number of allylic oxidation sites excluding steroid dienone is 1. The van der Waals surface area contributed by atoms with Gasteiger partial charge in [0.05, 0.1) is 0 Å². The normalized spacial score (nSPS) is 9.40. The Morgan fingerprint density at radius 1 is 1.50 bits per heavy atom. The minimum atomic E-state index is 0.412. The summed E-state index contributed by atoms with van der Waals surface area (Å²) < 4.78 is 0. The van der Waals surface area contributed by atoms with Crippen molar-refractivity contribution in [2.24, 2.45) is 0 Å². The van der Waals surface area contributed by atoms with Crippen molar-refractivity contribution in [3.63, 3.8) is 0 Å². The van der Waals surface area contributed by atoms with Crippen LogP contribution in [-0.2, 0) is 0 Å². The largest absolute Gasteiger partial charge is 0.252 e. The second kappa shape index (κ2) is 2.80. The maximum Gasteiger partial charge on any atom is 0.154 e. The molecule has 1 aromatic heterocycles. The van der Waals surface area contributed by atoms with Crippen LogP contribution in [0.3, 0.4) is 0 Å². The average molecular weight is 155 g/mol. The van der Waals surface area contributed by atoms with E-state index in [-0.39, 0.29) is 0 Å². The molecule has 0 N–H and O–H groups in total. The minimum absolute atomic E-state index is 0.412. The van der Waals surface area contributed by atoms with E-state index in [1.807, 2.05) is 6.92 Å². The van der Waals surface area contributed by atoms with Crippen molar-refractivity contribution < 1.29 is 0 Å². The summed E-state index contributed by atoms with van der Waals surface area (Å²) in [5.41, 5.74) is 1.50. The van der Waals surface area contributed by atoms with Crippen LogP contribution < -0.4 is 0 Å². The predicted molar refractivity (Wildman–Crippen MR) is 41.8 cm³/mol. The Bertz CT molecular complexity index is 258. The van der Waals surface area contributed by atoms with E-state index in [0.717, 1.165) is 5.57 Å². The van der Waals surface area contributed by atoms with Crippen molar-refractivity contribution in [2.75, 3.05) is 0 Å². The van der Waals surface area contributed by atoms with Crippen LogP contribution in [0.4, 0.5) is 0 Å². The van der Waals surface area contributed by atoms with Gasteiger partial charge in [-0.2, -0.15) is 0 Å². The molecule has 0 aliphatic carbocycles. The molecule has 1 heterocycles. The van der Waals surface area contributed by atoms with Gasteiger partial charge in [0, 0.05) is 12.4 Å². The van der Waals surface area contributed by atoms with Gasteiger partial charge in [-0.25, -0.2) is 4.98 Å². The summed E-state index contributed by atoms with van der Waals surface area (Å²) in [4.78, 5) is 7.83. The summed E-state index contributed by atoms with van der Waals surface area (Å²) in [6, 6.07) is 0. The Hall–Kier alpha value is -0.890. The van der Waals surface area contributed by atoms with Crippen molar-refractivity contribution in [3.05, 3.63) is 29.8 Å². The summed E-state index contributed by atoms with van der Waals surface area (Å²) in [6.07, 6.45) is 3.14. The summed E-state index contributed by atoms with van der Waals surface area (Å²) in [5, 5.41) is 0.412. The monoisotopic (exact) mass is 154 g/mol. The van der Waals surface area contributed by atoms with Crippen molar-refractivity contribution in [2.45, 2.75) is 6.92 Å². The fraction of sp³-hybridized carbons (Fsp3) is 0.143. The zero-order valence-corrected chi connectivity index (χ0v) is 6.39. The molecule has 0 saturated heterocycles. The van der Waals surface area contributed by atoms with Gasteiger partial charge in [0.2, 0.25) is 0 Å². The Labute approximate surface area is 64.6 Å². The lowest BCUT2D eigenvalue weighted by molar-refractivity contribution is 1.16. The standard InChI is InChI=1S/C7H7ClN2/c1-5(2)6-7(8)10-4-3-9-6/h3-4H,1H2,2H3. The van der Waals surface area contributed by atoms with E-state index in [2.05, 4.69) is 16.5 Å². The van der Waals surface area contributed by atoms with Crippen molar-refractivity contribution >= 4 is 17.2 Å². The quantitative estimate of drug-likeness (QED) is 0.620. The van der Waals surface area contributed by atoms with Crippen LogP contribution >= 0.6 is 11.6 Å². The highest BCUT2D eigenvalue weighted by Crippen LogP contribution is 2.15. The van der Waals surface area contributed by atoms with Crippen LogP contribution in [0.2, 0.25) is 5.15 Å². The lowest BCUT2D eigenvalue weighted by Crippen LogP contribution is -1.87. The van der Waals surface area contributed by atoms with Gasteiger partial charge >= 0.3 is 0 Å². The smallest absolute Gasteiger partial charge is 0.154 e. The lowest BCUT2D eigenvalue weighted by atomic mass is 10.3. The molecule has 0 bridgehead atoms. The number of hydrogen-bond donors (Lipinski definition) is 0. The van der Waals surface area contributed by atoms with E-state index in [0.29, 0.717) is 10.8 Å². The predicted octanol–water partition coefficient (Wildman–Crippen LogP) is 2.16. The molecule has 0 radical (unpaired) electrons. The molecule has 1 aromatic rings. The Morgan fingerprint density at radius 3 is 2.50 bits per heavy atom. The maximum atomic E-state index is 5.68. The van der Waals surface area contributed by atoms with E-state index < -0.39 is 0 Å². The molecule has 0 aliphatic heterocycles. The molecule has 10 heavy (non-hydrogen) atoms. The number of aromatic nitrogens is 2. The zero-order valence-electron chi connectivity index (χ0n) is 5.63. The SMILES string of the molecule is C=C(C)c1nccnc1Cl. The number of rotatable bonds is 1. The molecule has 0 aromatic carbocycles. The highest BCUT2D eigenvalue weighted by molar-refractivity contribution is 6.30. The van der Waals surface area contributed by atoms with Crippen molar-refractivity contribution in [1.29, 1.82) is 0 Å². The first-order valence-corrected chi connectivity index (χ1v) is 3.22. The third-order valence-corrected chi connectivity index (χ3v) is 1.33. The summed E-state index contributed by atoms with van der Waals surface area (Å²) in [7, 11) is 0. The van der Waals surface area contributed by atoms with Gasteiger partial charge in [-0.1, -0.05) is 18.2 Å². The summed E-state index contributed by atoms with van der Waals surface area (Å²) >= 11 is 5.68. The molecular formula is C7H7ClN2. The number of halogens is 1. The van der Waals surface area contributed by atoms with Crippen molar-refractivity contribution in [3.8, 4) is 0 Å². The molecule has 0 spiro atoms. The summed E-state index contributed by atoms with van der Waals surface area (Å²) in [6.45, 7) is 5.54. The topological polar surface area (TPSA) is 25.8 Å². The van der Waals surface area contributed by atoms with E-state index in [1.54, 1.807) is 12.4 Å². The molecule has 0 saturated carbocycles. The van der Waals surface area contributed by atoms with Crippen LogP contribution in [0.1, 0.15) is 12.6 Å². The average Bonchev–Trinajstić information content (AvgIpc) is 1.88. The Balaban J connectivity index is 3.15. The van der Waals surface area contributed by atoms with Crippen molar-refractivity contribution in [1.82, 2.24) is 9.97 Å².